The van der Waals surface area contributed by atoms with Gasteiger partial charge in [0, 0.05) is 52.8 Å². The van der Waals surface area contributed by atoms with E-state index in [0.29, 0.717) is 41.4 Å². The number of aryl methyl sites for hydroxylation is 1. The predicted molar refractivity (Wildman–Crippen MR) is 168 cm³/mol. The van der Waals surface area contributed by atoms with Crippen LogP contribution in [-0.4, -0.2) is 78.9 Å². The smallest absolute Gasteiger partial charge is 0.219 e. The van der Waals surface area contributed by atoms with E-state index in [4.69, 9.17) is 14.3 Å². The molecule has 0 bridgehead atoms. The molecule has 3 heterocycles. The van der Waals surface area contributed by atoms with Crippen LogP contribution in [-0.2, 0) is 9.59 Å². The van der Waals surface area contributed by atoms with Crippen LogP contribution >= 0.6 is 0 Å². The molecule has 1 amide bonds. The van der Waals surface area contributed by atoms with Crippen molar-refractivity contribution in [1.82, 2.24) is 14.9 Å². The molecule has 0 aliphatic carbocycles. The van der Waals surface area contributed by atoms with E-state index in [-0.39, 0.29) is 24.4 Å². The van der Waals surface area contributed by atoms with E-state index < -0.39 is 0 Å². The lowest BCUT2D eigenvalue weighted by Gasteiger charge is -2.11. The number of aliphatic hydroxyl groups is 1. The maximum Gasteiger partial charge on any atom is 0.219 e. The highest BCUT2D eigenvalue weighted by Gasteiger charge is 2.15. The van der Waals surface area contributed by atoms with Gasteiger partial charge in [-0.2, -0.15) is 0 Å². The summed E-state index contributed by atoms with van der Waals surface area (Å²) >= 11 is 0. The van der Waals surface area contributed by atoms with Crippen molar-refractivity contribution >= 4 is 41.1 Å². The second kappa shape index (κ2) is 21.7. The zero-order valence-electron chi connectivity index (χ0n) is 26.6. The molecular weight excluding hydrogens is 538 g/mol. The average molecular weight is 588 g/mol. The number of rotatable bonds is 11. The molecule has 3 aromatic heterocycles. The highest BCUT2D eigenvalue weighted by Crippen LogP contribution is 2.29. The largest absolute Gasteiger partial charge is 0.475 e. The van der Waals surface area contributed by atoms with Crippen LogP contribution in [0.5, 0.6) is 5.88 Å². The lowest BCUT2D eigenvalue weighted by atomic mass is 10.0. The van der Waals surface area contributed by atoms with Gasteiger partial charge in [-0.3, -0.25) is 9.59 Å². The van der Waals surface area contributed by atoms with Crippen LogP contribution in [0, 0.1) is 12.8 Å². The molecule has 0 aliphatic rings. The Bertz CT molecular complexity index is 1180. The van der Waals surface area contributed by atoms with Gasteiger partial charge in [0.1, 0.15) is 23.3 Å². The van der Waals surface area contributed by atoms with E-state index in [1.165, 1.54) is 17.4 Å². The third kappa shape index (κ3) is 14.6. The predicted octanol–water partition coefficient (Wildman–Crippen LogP) is 5.37. The normalized spacial score (nSPS) is 10.5. The molecule has 0 fully saturated rings. The highest BCUT2D eigenvalue weighted by molar-refractivity contribution is 5.97. The first-order chi connectivity index (χ1) is 20.0. The van der Waals surface area contributed by atoms with E-state index in [9.17, 15) is 14.4 Å². The lowest BCUT2D eigenvalue weighted by molar-refractivity contribution is -0.128. The number of nitrogens with one attached hydrogen (secondary N) is 2. The van der Waals surface area contributed by atoms with E-state index in [1.54, 1.807) is 26.2 Å². The average Bonchev–Trinajstić information content (AvgIpc) is 3.34. The van der Waals surface area contributed by atoms with Gasteiger partial charge in [-0.1, -0.05) is 26.3 Å². The molecule has 0 aromatic carbocycles. The maximum atomic E-state index is 10.8. The van der Waals surface area contributed by atoms with Crippen molar-refractivity contribution in [1.29, 1.82) is 0 Å². The molecule has 0 unspecified atom stereocenters. The van der Waals surface area contributed by atoms with Crippen LogP contribution in [0.15, 0.2) is 34.9 Å². The number of aliphatic hydroxyl groups excluding tert-OH is 1. The Morgan fingerprint density at radius 2 is 1.83 bits per heavy atom. The molecule has 0 saturated carbocycles. The summed E-state index contributed by atoms with van der Waals surface area (Å²) in [4.78, 5) is 41.2. The van der Waals surface area contributed by atoms with Gasteiger partial charge in [0.2, 0.25) is 11.8 Å². The number of fused-ring (bicyclic) bond motifs is 1. The first-order valence-electron chi connectivity index (χ1n) is 14.1. The number of furan rings is 1. The number of aldehydes is 2. The first-order valence-corrected chi connectivity index (χ1v) is 14.1. The summed E-state index contributed by atoms with van der Waals surface area (Å²) in [5.41, 5.74) is 2.94. The quantitative estimate of drug-likeness (QED) is 0.250. The van der Waals surface area contributed by atoms with Gasteiger partial charge in [-0.05, 0) is 51.3 Å². The molecule has 42 heavy (non-hydrogen) atoms. The van der Waals surface area contributed by atoms with E-state index in [1.807, 2.05) is 46.1 Å². The Balaban J connectivity index is 0.000000576. The zero-order valence-corrected chi connectivity index (χ0v) is 26.6. The fourth-order valence-electron chi connectivity index (χ4n) is 3.27. The number of nitrogens with zero attached hydrogens (tertiary/aromatic N) is 3. The molecule has 0 saturated heterocycles. The van der Waals surface area contributed by atoms with Crippen LogP contribution in [0.3, 0.4) is 0 Å². The van der Waals surface area contributed by atoms with Gasteiger partial charge < -0.3 is 34.6 Å². The van der Waals surface area contributed by atoms with Crippen molar-refractivity contribution in [3.63, 3.8) is 0 Å². The van der Waals surface area contributed by atoms with Crippen LogP contribution in [0.1, 0.15) is 70.0 Å². The Hall–Kier alpha value is -3.99. The lowest BCUT2D eigenvalue weighted by Crippen LogP contribution is -2.26. The zero-order chi connectivity index (χ0) is 32.1. The number of hydrogen-bond donors (Lipinski definition) is 3. The number of anilines is 2. The molecule has 11 nitrogen and oxygen atoms in total. The van der Waals surface area contributed by atoms with Gasteiger partial charge in [0.25, 0.3) is 0 Å². The van der Waals surface area contributed by atoms with Crippen LogP contribution in [0.25, 0.3) is 11.1 Å². The molecule has 11 heteroatoms. The van der Waals surface area contributed by atoms with E-state index in [0.717, 1.165) is 31.4 Å². The van der Waals surface area contributed by atoms with Crippen LogP contribution in [0.2, 0.25) is 0 Å². The SMILES string of the molecule is CC(=O)N(C)CCO.CCC[C@H](C=O)CC.CNc1c(C=O)oc2ccc(OC(C)C)nc12.CNc1ccc(C)cn1. The number of pyridine rings is 2. The molecule has 234 valence electrons. The second-order valence-electron chi connectivity index (χ2n) is 9.60. The van der Waals surface area contributed by atoms with Crippen LogP contribution < -0.4 is 15.4 Å². The van der Waals surface area contributed by atoms with Gasteiger partial charge in [0.05, 0.1) is 12.7 Å². The van der Waals surface area contributed by atoms with Gasteiger partial charge in [0.15, 0.2) is 17.6 Å². The van der Waals surface area contributed by atoms with Crippen molar-refractivity contribution in [3.8, 4) is 5.88 Å². The van der Waals surface area contributed by atoms with E-state index in [2.05, 4.69) is 34.4 Å². The van der Waals surface area contributed by atoms with Gasteiger partial charge in [-0.15, -0.1) is 0 Å². The summed E-state index contributed by atoms with van der Waals surface area (Å²) in [6, 6.07) is 7.45. The fourth-order valence-corrected chi connectivity index (χ4v) is 3.27. The Morgan fingerprint density at radius 3 is 2.21 bits per heavy atom. The number of carbonyl (C=O) groups is 3. The molecule has 1 atom stereocenters. The molecule has 3 aromatic rings. The monoisotopic (exact) mass is 587 g/mol. The van der Waals surface area contributed by atoms with Gasteiger partial charge in [-0.25, -0.2) is 9.97 Å². The maximum absolute atomic E-state index is 10.8. The summed E-state index contributed by atoms with van der Waals surface area (Å²) in [5, 5.41) is 14.1. The number of likely N-dealkylation sites (N-methyl/N-ethyl adjacent to an activating group) is 1. The first kappa shape index (κ1) is 38.0. The van der Waals surface area contributed by atoms with Crippen LogP contribution in [0.4, 0.5) is 11.5 Å². The molecule has 0 spiro atoms. The topological polar surface area (TPSA) is 147 Å². The molecule has 3 rings (SSSR count). The minimum Gasteiger partial charge on any atom is -0.475 e. The highest BCUT2D eigenvalue weighted by atomic mass is 16.5. The Morgan fingerprint density at radius 1 is 1.14 bits per heavy atom. The standard InChI is InChI=1S/C12H14N2O3.C7H10N2.C7H14O.C5H11NO2/c1-7(2)16-10-5-4-8-12(14-10)11(13-3)9(6-15)17-8;1-6-3-4-7(8-2)9-5-6;1-3-5-7(4-2)6-8;1-5(8)6(2)3-4-7/h4-7,13H,1-3H3;3-5H,1-2H3,(H,8,9);6-7H,3-5H2,1-2H3;7H,3-4H2,1-2H3/t;;7-;/m..1./s1. The second-order valence-corrected chi connectivity index (χ2v) is 9.60. The van der Waals surface area contributed by atoms with Crippen molar-refractivity contribution in [2.75, 3.05) is 44.9 Å². The van der Waals surface area contributed by atoms with E-state index >= 15 is 0 Å². The summed E-state index contributed by atoms with van der Waals surface area (Å²) in [5.74, 6) is 1.98. The Labute approximate surface area is 250 Å². The van der Waals surface area contributed by atoms with Crippen molar-refractivity contribution in [2.45, 2.75) is 66.9 Å². The number of hydrogen-bond acceptors (Lipinski definition) is 10. The number of aromatic nitrogens is 2. The molecular formula is C31H49N5O6. The molecule has 3 N–H and O–H groups in total. The van der Waals surface area contributed by atoms with Crippen molar-refractivity contribution < 1.29 is 28.6 Å². The molecule has 0 radical (unpaired) electrons. The summed E-state index contributed by atoms with van der Waals surface area (Å²) in [7, 11) is 5.23. The summed E-state index contributed by atoms with van der Waals surface area (Å²) < 4.78 is 10.8. The van der Waals surface area contributed by atoms with Crippen molar-refractivity contribution in [3.05, 3.63) is 41.8 Å². The van der Waals surface area contributed by atoms with Crippen molar-refractivity contribution in [2.24, 2.45) is 5.92 Å². The third-order valence-corrected chi connectivity index (χ3v) is 5.77. The Kier molecular flexibility index (Phi) is 19.7. The minimum absolute atomic E-state index is 0.0148. The molecule has 0 aliphatic heterocycles. The fraction of sp³-hybridized carbons (Fsp3) is 0.516. The minimum atomic E-state index is -0.0148. The van der Waals surface area contributed by atoms with Gasteiger partial charge >= 0.3 is 0 Å². The number of amides is 1. The summed E-state index contributed by atoms with van der Waals surface area (Å²) in [6.07, 6.45) is 6.79. The summed E-state index contributed by atoms with van der Waals surface area (Å²) in [6.45, 7) is 12.0. The number of carbonyl (C=O) groups excluding carboxylic acids is 3. The number of ether oxygens (including phenoxy) is 1. The third-order valence-electron chi connectivity index (χ3n) is 5.77.